The Kier molecular flexibility index (Phi) is 5.54. The van der Waals surface area contributed by atoms with E-state index in [1.165, 1.54) is 6.07 Å². The van der Waals surface area contributed by atoms with E-state index in [-0.39, 0.29) is 23.2 Å². The van der Waals surface area contributed by atoms with Crippen molar-refractivity contribution in [2.75, 3.05) is 29.0 Å². The number of benzene rings is 1. The van der Waals surface area contributed by atoms with Gasteiger partial charge in [0.2, 0.25) is 5.95 Å². The predicted molar refractivity (Wildman–Crippen MR) is 105 cm³/mol. The van der Waals surface area contributed by atoms with Crippen LogP contribution in [0.2, 0.25) is 0 Å². The average Bonchev–Trinajstić information content (AvgIpc) is 2.67. The van der Waals surface area contributed by atoms with E-state index in [1.807, 2.05) is 4.90 Å². The number of nitrogen functional groups attached to an aromatic ring is 1. The number of hydrogen-bond donors (Lipinski definition) is 4. The number of amides is 1. The van der Waals surface area contributed by atoms with Crippen LogP contribution in [0.3, 0.4) is 0 Å². The van der Waals surface area contributed by atoms with E-state index in [0.29, 0.717) is 31.0 Å². The smallest absolute Gasteiger partial charge is 0.293 e. The number of nitro benzene ring substituents is 1. The molecule has 1 aliphatic heterocycles. The molecule has 0 bridgehead atoms. The first kappa shape index (κ1) is 19.3. The van der Waals surface area contributed by atoms with Crippen molar-refractivity contribution in [1.29, 1.82) is 0 Å². The van der Waals surface area contributed by atoms with Crippen LogP contribution in [0.4, 0.5) is 23.0 Å². The molecule has 1 fully saturated rings. The summed E-state index contributed by atoms with van der Waals surface area (Å²) in [4.78, 5) is 32.7. The van der Waals surface area contributed by atoms with Crippen LogP contribution in [-0.4, -0.2) is 39.9 Å². The molecule has 1 aliphatic rings. The van der Waals surface area contributed by atoms with Crippen molar-refractivity contribution in [3.8, 4) is 0 Å². The lowest BCUT2D eigenvalue weighted by molar-refractivity contribution is -0.384. The normalized spacial score (nSPS) is 14.7. The fraction of sp³-hybridized carbons (Fsp3) is 0.353. The van der Waals surface area contributed by atoms with Crippen LogP contribution in [-0.2, 0) is 6.54 Å². The maximum absolute atomic E-state index is 11.9. The lowest BCUT2D eigenvalue weighted by Gasteiger charge is -2.32. The van der Waals surface area contributed by atoms with Gasteiger partial charge in [-0.3, -0.25) is 14.9 Å². The van der Waals surface area contributed by atoms with Crippen molar-refractivity contribution in [3.63, 3.8) is 0 Å². The van der Waals surface area contributed by atoms with Crippen molar-refractivity contribution in [2.24, 2.45) is 11.5 Å². The molecule has 0 aliphatic carbocycles. The molecule has 3 rings (SSSR count). The first-order valence-electron chi connectivity index (χ1n) is 8.78. The SMILES string of the molecule is NC(=O)c1cc([N+](=O)[O-])c(N2CCC(N)CC2)cc1NCc1cnc(N)nc1. The van der Waals surface area contributed by atoms with Gasteiger partial charge in [0.1, 0.15) is 5.69 Å². The van der Waals surface area contributed by atoms with Crippen LogP contribution in [0.25, 0.3) is 0 Å². The molecule has 0 atom stereocenters. The molecule has 0 saturated carbocycles. The molecule has 1 aromatic carbocycles. The quantitative estimate of drug-likeness (QED) is 0.408. The number of hydrogen-bond acceptors (Lipinski definition) is 9. The fourth-order valence-corrected chi connectivity index (χ4v) is 3.12. The van der Waals surface area contributed by atoms with Gasteiger partial charge in [-0.15, -0.1) is 0 Å². The first-order valence-corrected chi connectivity index (χ1v) is 8.78. The summed E-state index contributed by atoms with van der Waals surface area (Å²) in [6.07, 6.45) is 4.58. The second-order valence-corrected chi connectivity index (χ2v) is 6.64. The van der Waals surface area contributed by atoms with Crippen molar-refractivity contribution in [2.45, 2.75) is 25.4 Å². The van der Waals surface area contributed by atoms with Crippen LogP contribution in [0, 0.1) is 10.1 Å². The highest BCUT2D eigenvalue weighted by molar-refractivity contribution is 6.00. The number of carbonyl (C=O) groups is 1. The zero-order valence-corrected chi connectivity index (χ0v) is 15.2. The van der Waals surface area contributed by atoms with Crippen LogP contribution in [0.1, 0.15) is 28.8 Å². The van der Waals surface area contributed by atoms with Crippen molar-refractivity contribution in [1.82, 2.24) is 9.97 Å². The summed E-state index contributed by atoms with van der Waals surface area (Å²) in [6, 6.07) is 2.89. The zero-order chi connectivity index (χ0) is 20.3. The van der Waals surface area contributed by atoms with E-state index in [0.717, 1.165) is 18.4 Å². The number of nitro groups is 1. The Bertz CT molecular complexity index is 879. The molecular weight excluding hydrogens is 364 g/mol. The van der Waals surface area contributed by atoms with Gasteiger partial charge in [-0.25, -0.2) is 9.97 Å². The number of anilines is 3. The van der Waals surface area contributed by atoms with Crippen LogP contribution in [0.15, 0.2) is 24.5 Å². The third-order valence-corrected chi connectivity index (χ3v) is 4.67. The summed E-state index contributed by atoms with van der Waals surface area (Å²) in [6.45, 7) is 1.50. The predicted octanol–water partition coefficient (Wildman–Crippen LogP) is 0.606. The number of carbonyl (C=O) groups excluding carboxylic acids is 1. The van der Waals surface area contributed by atoms with Crippen molar-refractivity contribution < 1.29 is 9.72 Å². The van der Waals surface area contributed by atoms with E-state index in [1.54, 1.807) is 18.5 Å². The Morgan fingerprint density at radius 2 is 1.93 bits per heavy atom. The molecule has 1 aromatic heterocycles. The summed E-state index contributed by atoms with van der Waals surface area (Å²) in [7, 11) is 0. The van der Waals surface area contributed by atoms with Gasteiger partial charge in [-0.2, -0.15) is 0 Å². The van der Waals surface area contributed by atoms with Gasteiger partial charge in [0.25, 0.3) is 11.6 Å². The van der Waals surface area contributed by atoms with Gasteiger partial charge in [-0.05, 0) is 18.9 Å². The largest absolute Gasteiger partial charge is 0.380 e. The second kappa shape index (κ2) is 8.05. The van der Waals surface area contributed by atoms with Gasteiger partial charge in [-0.1, -0.05) is 0 Å². The Balaban J connectivity index is 1.94. The van der Waals surface area contributed by atoms with E-state index >= 15 is 0 Å². The minimum absolute atomic E-state index is 0.0422. The molecule has 2 aromatic rings. The number of rotatable bonds is 6. The van der Waals surface area contributed by atoms with E-state index in [4.69, 9.17) is 17.2 Å². The number of piperidine rings is 1. The second-order valence-electron chi connectivity index (χ2n) is 6.64. The first-order chi connectivity index (χ1) is 13.3. The van der Waals surface area contributed by atoms with E-state index in [9.17, 15) is 14.9 Å². The van der Waals surface area contributed by atoms with Crippen molar-refractivity contribution in [3.05, 3.63) is 45.8 Å². The molecule has 0 radical (unpaired) electrons. The number of primary amides is 1. The highest BCUT2D eigenvalue weighted by Crippen LogP contribution is 2.35. The molecule has 11 nitrogen and oxygen atoms in total. The van der Waals surface area contributed by atoms with Gasteiger partial charge >= 0.3 is 0 Å². The molecular formula is C17H22N8O3. The van der Waals surface area contributed by atoms with Gasteiger partial charge in [0, 0.05) is 55.4 Å². The molecule has 0 spiro atoms. The Morgan fingerprint density at radius 3 is 2.50 bits per heavy atom. The summed E-state index contributed by atoms with van der Waals surface area (Å²) < 4.78 is 0. The maximum Gasteiger partial charge on any atom is 0.293 e. The molecule has 11 heteroatoms. The minimum atomic E-state index is -0.758. The lowest BCUT2D eigenvalue weighted by Crippen LogP contribution is -2.40. The van der Waals surface area contributed by atoms with Crippen LogP contribution in [0.5, 0.6) is 0 Å². The molecule has 148 valence electrons. The number of nitrogens with two attached hydrogens (primary N) is 3. The highest BCUT2D eigenvalue weighted by Gasteiger charge is 2.26. The van der Waals surface area contributed by atoms with Gasteiger partial charge in [0.15, 0.2) is 0 Å². The third-order valence-electron chi connectivity index (χ3n) is 4.67. The van der Waals surface area contributed by atoms with Gasteiger partial charge in [0.05, 0.1) is 10.5 Å². The number of nitrogens with one attached hydrogen (secondary N) is 1. The topological polar surface area (TPSA) is 179 Å². The van der Waals surface area contributed by atoms with E-state index < -0.39 is 10.8 Å². The Hall–Kier alpha value is -3.47. The number of aromatic nitrogens is 2. The Morgan fingerprint density at radius 1 is 1.29 bits per heavy atom. The maximum atomic E-state index is 11.9. The zero-order valence-electron chi connectivity index (χ0n) is 15.2. The standard InChI is InChI=1S/C17H22N8O3/c18-11-1-3-24(4-2-11)14-6-13(12(16(19)26)5-15(14)25(27)28)21-7-10-8-22-17(20)23-9-10/h5-6,8-9,11,21H,1-4,7,18H2,(H2,19,26)(H2,20,22,23). The molecule has 2 heterocycles. The summed E-state index contributed by atoms with van der Waals surface area (Å²) in [5.74, 6) is -0.603. The van der Waals surface area contributed by atoms with Crippen LogP contribution < -0.4 is 27.4 Å². The molecule has 28 heavy (non-hydrogen) atoms. The Labute approximate surface area is 161 Å². The summed E-state index contributed by atoms with van der Waals surface area (Å²) in [5.41, 5.74) is 18.3. The van der Waals surface area contributed by atoms with Gasteiger partial charge < -0.3 is 27.4 Å². The average molecular weight is 386 g/mol. The molecule has 0 unspecified atom stereocenters. The highest BCUT2D eigenvalue weighted by atomic mass is 16.6. The summed E-state index contributed by atoms with van der Waals surface area (Å²) >= 11 is 0. The minimum Gasteiger partial charge on any atom is -0.380 e. The molecule has 1 saturated heterocycles. The van der Waals surface area contributed by atoms with E-state index in [2.05, 4.69) is 15.3 Å². The van der Waals surface area contributed by atoms with Crippen molar-refractivity contribution >= 4 is 28.9 Å². The van der Waals surface area contributed by atoms with Crippen LogP contribution >= 0.6 is 0 Å². The summed E-state index contributed by atoms with van der Waals surface area (Å²) in [5, 5.41) is 14.7. The molecule has 7 N–H and O–H groups in total. The number of nitrogens with zero attached hydrogens (tertiary/aromatic N) is 4. The monoisotopic (exact) mass is 386 g/mol. The lowest BCUT2D eigenvalue weighted by atomic mass is 10.0. The third kappa shape index (κ3) is 4.26. The molecule has 1 amide bonds. The fourth-order valence-electron chi connectivity index (χ4n) is 3.12.